The van der Waals surface area contributed by atoms with Gasteiger partial charge < -0.3 is 30.1 Å². The Balaban J connectivity index is 1.12. The third kappa shape index (κ3) is 8.18. The maximum absolute atomic E-state index is 14.0. The number of unbranched alkanes of at least 4 members (excludes halogenated alkanes) is 1. The van der Waals surface area contributed by atoms with E-state index in [1.807, 2.05) is 41.3 Å². The fraction of sp³-hybridized carbons (Fsp3) is 0.571. The highest BCUT2D eigenvalue weighted by Crippen LogP contribution is 2.35. The van der Waals surface area contributed by atoms with Crippen molar-refractivity contribution in [1.29, 1.82) is 0 Å². The van der Waals surface area contributed by atoms with Crippen molar-refractivity contribution < 1.29 is 19.1 Å². The lowest BCUT2D eigenvalue weighted by molar-refractivity contribution is -0.161. The number of ether oxygens (including phenoxy) is 1. The highest BCUT2D eigenvalue weighted by Gasteiger charge is 2.53. The van der Waals surface area contributed by atoms with Gasteiger partial charge in [-0.25, -0.2) is 4.79 Å². The van der Waals surface area contributed by atoms with Crippen molar-refractivity contribution in [3.05, 3.63) is 71.8 Å². The molecule has 0 bridgehead atoms. The molecule has 44 heavy (non-hydrogen) atoms. The SMILES string of the molecule is CN1CCCC1CCN1C(=O)[C@H](CCCCNC(=O)OCc2ccccc2)NC(=O)C12CCN(CCc1ccccc1)CC2. The van der Waals surface area contributed by atoms with Crippen LogP contribution in [0.2, 0.25) is 0 Å². The molecule has 3 fully saturated rings. The zero-order valence-electron chi connectivity index (χ0n) is 26.2. The first-order chi connectivity index (χ1) is 21.4. The fourth-order valence-corrected chi connectivity index (χ4v) is 7.03. The van der Waals surface area contributed by atoms with Crippen molar-refractivity contribution >= 4 is 17.9 Å². The third-order valence-corrected chi connectivity index (χ3v) is 9.81. The molecule has 2 aromatic carbocycles. The second-order valence-electron chi connectivity index (χ2n) is 12.7. The summed E-state index contributed by atoms with van der Waals surface area (Å²) >= 11 is 0. The van der Waals surface area contributed by atoms with Crippen LogP contribution in [0.25, 0.3) is 0 Å². The summed E-state index contributed by atoms with van der Waals surface area (Å²) in [5, 5.41) is 5.93. The Bertz CT molecular complexity index is 1220. The van der Waals surface area contributed by atoms with E-state index in [2.05, 4.69) is 51.7 Å². The predicted octanol–water partition coefficient (Wildman–Crippen LogP) is 3.97. The Labute approximate surface area is 262 Å². The van der Waals surface area contributed by atoms with Gasteiger partial charge in [0.15, 0.2) is 0 Å². The van der Waals surface area contributed by atoms with Gasteiger partial charge in [-0.2, -0.15) is 0 Å². The number of rotatable bonds is 13. The van der Waals surface area contributed by atoms with Crippen molar-refractivity contribution in [2.45, 2.75) is 82.0 Å². The summed E-state index contributed by atoms with van der Waals surface area (Å²) in [7, 11) is 2.16. The summed E-state index contributed by atoms with van der Waals surface area (Å²) in [6, 6.07) is 20.0. The number of piperazine rings is 1. The number of alkyl carbamates (subject to hydrolysis) is 1. The van der Waals surface area contributed by atoms with Crippen LogP contribution in [-0.2, 0) is 27.4 Å². The van der Waals surface area contributed by atoms with E-state index in [-0.39, 0.29) is 18.4 Å². The number of carbonyl (C=O) groups is 3. The van der Waals surface area contributed by atoms with Crippen LogP contribution in [0.4, 0.5) is 4.79 Å². The molecule has 1 unspecified atom stereocenters. The van der Waals surface area contributed by atoms with Crippen molar-refractivity contribution in [3.8, 4) is 0 Å². The van der Waals surface area contributed by atoms with E-state index in [1.54, 1.807) is 0 Å². The molecule has 0 aliphatic carbocycles. The summed E-state index contributed by atoms with van der Waals surface area (Å²) in [6.45, 7) is 4.98. The summed E-state index contributed by atoms with van der Waals surface area (Å²) < 4.78 is 5.28. The minimum absolute atomic E-state index is 0.00667. The van der Waals surface area contributed by atoms with E-state index >= 15 is 0 Å². The van der Waals surface area contributed by atoms with Crippen LogP contribution in [0.3, 0.4) is 0 Å². The third-order valence-electron chi connectivity index (χ3n) is 9.81. The predicted molar refractivity (Wildman–Crippen MR) is 171 cm³/mol. The number of amides is 3. The first-order valence-corrected chi connectivity index (χ1v) is 16.5. The largest absolute Gasteiger partial charge is 0.445 e. The fourth-order valence-electron chi connectivity index (χ4n) is 7.03. The minimum atomic E-state index is -0.766. The van der Waals surface area contributed by atoms with Gasteiger partial charge in [0.1, 0.15) is 18.2 Å². The molecule has 0 saturated carbocycles. The van der Waals surface area contributed by atoms with Gasteiger partial charge in [-0.15, -0.1) is 0 Å². The molecule has 3 aliphatic heterocycles. The maximum atomic E-state index is 14.0. The van der Waals surface area contributed by atoms with Crippen LogP contribution in [0.1, 0.15) is 62.5 Å². The molecular formula is C35H49N5O4. The van der Waals surface area contributed by atoms with Gasteiger partial charge in [-0.1, -0.05) is 60.7 Å². The number of likely N-dealkylation sites (tertiary alicyclic amines) is 2. The number of hydrogen-bond donors (Lipinski definition) is 2. The zero-order chi connectivity index (χ0) is 30.8. The molecule has 238 valence electrons. The monoisotopic (exact) mass is 603 g/mol. The molecule has 3 saturated heterocycles. The van der Waals surface area contributed by atoms with E-state index in [9.17, 15) is 14.4 Å². The van der Waals surface area contributed by atoms with Crippen molar-refractivity contribution in [3.63, 3.8) is 0 Å². The van der Waals surface area contributed by atoms with Gasteiger partial charge in [0.2, 0.25) is 11.8 Å². The minimum Gasteiger partial charge on any atom is -0.445 e. The van der Waals surface area contributed by atoms with Crippen molar-refractivity contribution in [2.75, 3.05) is 46.3 Å². The normalized spacial score (nSPS) is 22.2. The quantitative estimate of drug-likeness (QED) is 0.337. The molecule has 0 aromatic heterocycles. The zero-order valence-corrected chi connectivity index (χ0v) is 26.2. The van der Waals surface area contributed by atoms with E-state index in [0.717, 1.165) is 57.4 Å². The van der Waals surface area contributed by atoms with Crippen LogP contribution in [0, 0.1) is 0 Å². The standard InChI is InChI=1S/C35H49N5O4/c1-38-22-10-15-30(38)18-24-40-32(41)31(16-8-9-21-36-34(43)44-27-29-13-6-3-7-14-29)37-33(42)35(40)19-25-39(26-20-35)23-17-28-11-4-2-5-12-28/h2-7,11-14,30-31H,8-10,15-27H2,1H3,(H,36,43)(H,37,42)/t30?,31-/m0/s1. The molecule has 2 atom stereocenters. The summed E-state index contributed by atoms with van der Waals surface area (Å²) in [6.07, 6.45) is 7.09. The highest BCUT2D eigenvalue weighted by atomic mass is 16.5. The molecule has 2 aromatic rings. The average Bonchev–Trinajstić information content (AvgIpc) is 3.47. The highest BCUT2D eigenvalue weighted by molar-refractivity contribution is 6.00. The van der Waals surface area contributed by atoms with E-state index in [1.165, 1.54) is 12.0 Å². The Morgan fingerprint density at radius 1 is 0.932 bits per heavy atom. The molecule has 3 aliphatic rings. The smallest absolute Gasteiger partial charge is 0.407 e. The second-order valence-corrected chi connectivity index (χ2v) is 12.7. The lowest BCUT2D eigenvalue weighted by Crippen LogP contribution is -2.73. The summed E-state index contributed by atoms with van der Waals surface area (Å²) in [5.74, 6) is 0.0606. The first-order valence-electron chi connectivity index (χ1n) is 16.5. The molecule has 2 N–H and O–H groups in total. The summed E-state index contributed by atoms with van der Waals surface area (Å²) in [4.78, 5) is 46.7. The van der Waals surface area contributed by atoms with Crippen LogP contribution in [0.5, 0.6) is 0 Å². The lowest BCUT2D eigenvalue weighted by atomic mass is 9.81. The van der Waals surface area contributed by atoms with E-state index < -0.39 is 17.7 Å². The molecular weight excluding hydrogens is 554 g/mol. The number of carbonyl (C=O) groups excluding carboxylic acids is 3. The van der Waals surface area contributed by atoms with Gasteiger partial charge in [0, 0.05) is 38.8 Å². The molecule has 1 spiro atoms. The first kappa shape index (κ1) is 32.0. The Morgan fingerprint density at radius 3 is 2.32 bits per heavy atom. The Kier molecular flexibility index (Phi) is 11.3. The lowest BCUT2D eigenvalue weighted by Gasteiger charge is -2.52. The van der Waals surface area contributed by atoms with E-state index in [0.29, 0.717) is 44.8 Å². The maximum Gasteiger partial charge on any atom is 0.407 e. The number of benzene rings is 2. The summed E-state index contributed by atoms with van der Waals surface area (Å²) in [5.41, 5.74) is 1.50. The molecule has 9 heteroatoms. The Morgan fingerprint density at radius 2 is 1.64 bits per heavy atom. The number of nitrogens with zero attached hydrogens (tertiary/aromatic N) is 3. The number of piperidine rings is 1. The molecule has 0 radical (unpaired) electrons. The van der Waals surface area contributed by atoms with E-state index in [4.69, 9.17) is 4.74 Å². The van der Waals surface area contributed by atoms with Gasteiger partial charge >= 0.3 is 6.09 Å². The Hall–Kier alpha value is -3.43. The average molecular weight is 604 g/mol. The van der Waals surface area contributed by atoms with Crippen LogP contribution >= 0.6 is 0 Å². The second kappa shape index (κ2) is 15.5. The molecule has 3 heterocycles. The van der Waals surface area contributed by atoms with Crippen LogP contribution in [0.15, 0.2) is 60.7 Å². The van der Waals surface area contributed by atoms with Crippen molar-refractivity contribution in [1.82, 2.24) is 25.3 Å². The number of hydrogen-bond acceptors (Lipinski definition) is 6. The molecule has 9 nitrogen and oxygen atoms in total. The van der Waals surface area contributed by atoms with Crippen LogP contribution < -0.4 is 10.6 Å². The van der Waals surface area contributed by atoms with Crippen molar-refractivity contribution in [2.24, 2.45) is 0 Å². The molecule has 5 rings (SSSR count). The number of nitrogens with one attached hydrogen (secondary N) is 2. The van der Waals surface area contributed by atoms with Crippen LogP contribution in [-0.4, -0.2) is 96.5 Å². The van der Waals surface area contributed by atoms with Gasteiger partial charge in [-0.05, 0) is 82.5 Å². The van der Waals surface area contributed by atoms with Gasteiger partial charge in [0.25, 0.3) is 0 Å². The van der Waals surface area contributed by atoms with Gasteiger partial charge in [-0.3, -0.25) is 9.59 Å². The molecule has 3 amide bonds. The topological polar surface area (TPSA) is 94.2 Å². The van der Waals surface area contributed by atoms with Gasteiger partial charge in [0.05, 0.1) is 0 Å².